The predicted octanol–water partition coefficient (Wildman–Crippen LogP) is 12.2. The van der Waals surface area contributed by atoms with Crippen molar-refractivity contribution in [3.63, 3.8) is 0 Å². The van der Waals surface area contributed by atoms with Crippen molar-refractivity contribution in [1.29, 1.82) is 0 Å². The predicted molar refractivity (Wildman–Crippen MR) is 169 cm³/mol. The maximum Gasteiger partial charge on any atom is 0.305 e. The molecule has 222 valence electrons. The number of ether oxygens (including phenoxy) is 1. The molecule has 0 saturated heterocycles. The number of carbonyl (C=O) groups excluding carboxylic acids is 1. The number of carbonyl (C=O) groups is 1. The lowest BCUT2D eigenvalue weighted by Gasteiger charge is -2.06. The smallest absolute Gasteiger partial charge is 0.305 e. The lowest BCUT2D eigenvalue weighted by Crippen LogP contribution is -2.05. The Bertz CT molecular complexity index is 426. The molecule has 0 amide bonds. The van der Waals surface area contributed by atoms with Crippen molar-refractivity contribution in [2.24, 2.45) is 0 Å². The number of thiol groups is 1. The fourth-order valence-corrected chi connectivity index (χ4v) is 5.46. The van der Waals surface area contributed by atoms with Crippen LogP contribution in [-0.4, -0.2) is 18.3 Å². The van der Waals surface area contributed by atoms with Gasteiger partial charge in [0, 0.05) is 6.42 Å². The van der Waals surface area contributed by atoms with Crippen LogP contribution < -0.4 is 0 Å². The van der Waals surface area contributed by atoms with Crippen molar-refractivity contribution >= 4 is 18.6 Å². The zero-order chi connectivity index (χ0) is 26.9. The average Bonchev–Trinajstić information content (AvgIpc) is 2.90. The lowest BCUT2D eigenvalue weighted by atomic mass is 10.0. The highest BCUT2D eigenvalue weighted by atomic mass is 32.1. The molecule has 0 aliphatic carbocycles. The van der Waals surface area contributed by atoms with E-state index in [9.17, 15) is 4.79 Å². The molecule has 0 aromatic carbocycles. The van der Waals surface area contributed by atoms with E-state index in [-0.39, 0.29) is 5.97 Å². The minimum Gasteiger partial charge on any atom is -0.466 e. The molecule has 3 heteroatoms. The van der Waals surface area contributed by atoms with E-state index in [1.54, 1.807) is 0 Å². The maximum absolute atomic E-state index is 11.9. The molecule has 2 nitrogen and oxygen atoms in total. The molecule has 0 bridgehead atoms. The molecular formula is C34H68O2S. The van der Waals surface area contributed by atoms with E-state index >= 15 is 0 Å². The minimum absolute atomic E-state index is 0.0215. The third-order valence-electron chi connectivity index (χ3n) is 7.80. The molecule has 0 radical (unpaired) electrons. The minimum atomic E-state index is 0.0215. The summed E-state index contributed by atoms with van der Waals surface area (Å²) in [6.07, 6.45) is 39.9. The van der Waals surface area contributed by atoms with Gasteiger partial charge in [-0.1, -0.05) is 174 Å². The first-order chi connectivity index (χ1) is 18.3. The Hall–Kier alpha value is -0.180. The van der Waals surface area contributed by atoms with Crippen LogP contribution in [0.1, 0.15) is 200 Å². The third-order valence-corrected chi connectivity index (χ3v) is 8.12. The summed E-state index contributed by atoms with van der Waals surface area (Å²) in [5.41, 5.74) is 0. The fraction of sp³-hybridized carbons (Fsp3) is 0.971. The highest BCUT2D eigenvalue weighted by molar-refractivity contribution is 7.80. The van der Waals surface area contributed by atoms with Crippen LogP contribution in [0.5, 0.6) is 0 Å². The number of hydrogen-bond acceptors (Lipinski definition) is 3. The fourth-order valence-electron chi connectivity index (χ4n) is 5.23. The van der Waals surface area contributed by atoms with Gasteiger partial charge in [0.2, 0.25) is 0 Å². The molecule has 0 N–H and O–H groups in total. The summed E-state index contributed by atoms with van der Waals surface area (Å²) in [6.45, 7) is 2.92. The topological polar surface area (TPSA) is 26.3 Å². The normalized spacial score (nSPS) is 11.3. The van der Waals surface area contributed by atoms with Crippen LogP contribution >= 0.6 is 12.6 Å². The van der Waals surface area contributed by atoms with E-state index in [4.69, 9.17) is 4.74 Å². The Morgan fingerprint density at radius 1 is 0.432 bits per heavy atom. The second-order valence-corrected chi connectivity index (χ2v) is 12.0. The molecule has 0 fully saturated rings. The number of unbranched alkanes of at least 4 members (excludes halogenated alkanes) is 27. The number of esters is 1. The van der Waals surface area contributed by atoms with Gasteiger partial charge in [-0.3, -0.25) is 4.79 Å². The van der Waals surface area contributed by atoms with Crippen LogP contribution in [0.25, 0.3) is 0 Å². The third kappa shape index (κ3) is 33.8. The molecule has 0 unspecified atom stereocenters. The van der Waals surface area contributed by atoms with Crippen molar-refractivity contribution < 1.29 is 9.53 Å². The number of rotatable bonds is 32. The van der Waals surface area contributed by atoms with Gasteiger partial charge in [-0.15, -0.1) is 0 Å². The Morgan fingerprint density at radius 2 is 0.730 bits per heavy atom. The second kappa shape index (κ2) is 33.8. The van der Waals surface area contributed by atoms with Gasteiger partial charge in [-0.05, 0) is 25.0 Å². The quantitative estimate of drug-likeness (QED) is 0.0521. The molecule has 0 aliphatic heterocycles. The van der Waals surface area contributed by atoms with Gasteiger partial charge >= 0.3 is 5.97 Å². The second-order valence-electron chi connectivity index (χ2n) is 11.6. The zero-order valence-corrected chi connectivity index (χ0v) is 26.3. The van der Waals surface area contributed by atoms with Crippen LogP contribution in [0.15, 0.2) is 0 Å². The monoisotopic (exact) mass is 540 g/mol. The van der Waals surface area contributed by atoms with Crippen LogP contribution in [0.2, 0.25) is 0 Å². The SMILES string of the molecule is CCCCCCCCCCCCCCCCCCCCCC(=O)OCCCCCCCCCCCCS. The van der Waals surface area contributed by atoms with Crippen molar-refractivity contribution in [3.8, 4) is 0 Å². The van der Waals surface area contributed by atoms with E-state index in [1.807, 2.05) is 0 Å². The standard InChI is InChI=1S/C34H68O2S/c1-2-3-4-5-6-7-8-9-10-11-12-13-14-15-16-19-22-25-28-31-34(35)36-32-29-26-23-20-17-18-21-24-27-30-33-37/h37H,2-33H2,1H3. The molecule has 0 aromatic rings. The average molecular weight is 541 g/mol. The van der Waals surface area contributed by atoms with Gasteiger partial charge in [0.15, 0.2) is 0 Å². The lowest BCUT2D eigenvalue weighted by molar-refractivity contribution is -0.143. The first-order valence-electron chi connectivity index (χ1n) is 17.1. The van der Waals surface area contributed by atoms with E-state index in [2.05, 4.69) is 19.6 Å². The van der Waals surface area contributed by atoms with E-state index in [1.165, 1.54) is 173 Å². The highest BCUT2D eigenvalue weighted by Crippen LogP contribution is 2.15. The van der Waals surface area contributed by atoms with Crippen molar-refractivity contribution in [2.45, 2.75) is 200 Å². The van der Waals surface area contributed by atoms with Crippen molar-refractivity contribution in [3.05, 3.63) is 0 Å². The largest absolute Gasteiger partial charge is 0.466 e. The van der Waals surface area contributed by atoms with E-state index in [0.29, 0.717) is 13.0 Å². The molecule has 0 atom stereocenters. The van der Waals surface area contributed by atoms with Crippen LogP contribution in [0, 0.1) is 0 Å². The van der Waals surface area contributed by atoms with Crippen LogP contribution in [0.4, 0.5) is 0 Å². The zero-order valence-electron chi connectivity index (χ0n) is 25.4. The Morgan fingerprint density at radius 3 is 1.08 bits per heavy atom. The summed E-state index contributed by atoms with van der Waals surface area (Å²) in [5.74, 6) is 1.05. The molecule has 0 heterocycles. The summed E-state index contributed by atoms with van der Waals surface area (Å²) in [7, 11) is 0. The molecule has 0 aliphatic rings. The number of hydrogen-bond donors (Lipinski definition) is 1. The van der Waals surface area contributed by atoms with Gasteiger partial charge in [-0.2, -0.15) is 12.6 Å². The molecular weight excluding hydrogens is 472 g/mol. The molecule has 0 aromatic heterocycles. The van der Waals surface area contributed by atoms with Gasteiger partial charge in [-0.25, -0.2) is 0 Å². The summed E-state index contributed by atoms with van der Waals surface area (Å²) >= 11 is 4.26. The molecule has 0 rings (SSSR count). The summed E-state index contributed by atoms with van der Waals surface area (Å²) in [4.78, 5) is 11.9. The Balaban J connectivity index is 3.13. The summed E-state index contributed by atoms with van der Waals surface area (Å²) in [6, 6.07) is 0. The van der Waals surface area contributed by atoms with E-state index in [0.717, 1.165) is 18.6 Å². The summed E-state index contributed by atoms with van der Waals surface area (Å²) in [5, 5.41) is 0. The maximum atomic E-state index is 11.9. The first kappa shape index (κ1) is 36.8. The van der Waals surface area contributed by atoms with Crippen LogP contribution in [-0.2, 0) is 9.53 Å². The van der Waals surface area contributed by atoms with Gasteiger partial charge in [0.05, 0.1) is 6.61 Å². The molecule has 0 saturated carbocycles. The first-order valence-corrected chi connectivity index (χ1v) is 17.7. The van der Waals surface area contributed by atoms with Crippen molar-refractivity contribution in [1.82, 2.24) is 0 Å². The van der Waals surface area contributed by atoms with Crippen LogP contribution in [0.3, 0.4) is 0 Å². The molecule has 37 heavy (non-hydrogen) atoms. The molecule has 0 spiro atoms. The Labute approximate surface area is 239 Å². The van der Waals surface area contributed by atoms with Crippen molar-refractivity contribution in [2.75, 3.05) is 12.4 Å². The summed E-state index contributed by atoms with van der Waals surface area (Å²) < 4.78 is 5.42. The van der Waals surface area contributed by atoms with Gasteiger partial charge in [0.1, 0.15) is 0 Å². The van der Waals surface area contributed by atoms with E-state index < -0.39 is 0 Å². The Kier molecular flexibility index (Phi) is 33.7. The van der Waals surface area contributed by atoms with Gasteiger partial charge < -0.3 is 4.74 Å². The highest BCUT2D eigenvalue weighted by Gasteiger charge is 2.03. The van der Waals surface area contributed by atoms with Gasteiger partial charge in [0.25, 0.3) is 0 Å².